The lowest BCUT2D eigenvalue weighted by Crippen LogP contribution is -2.30. The van der Waals surface area contributed by atoms with E-state index in [0.717, 1.165) is 116 Å². The molecule has 6 heteroatoms. The predicted octanol–water partition coefficient (Wildman–Crippen LogP) is 23.6. The highest BCUT2D eigenvalue weighted by molar-refractivity contribution is 5.71. The maximum absolute atomic E-state index is 12.9. The second-order valence-corrected chi connectivity index (χ2v) is 22.7. The zero-order chi connectivity index (χ0) is 57.8. The quantitative estimate of drug-likeness (QED) is 0.0261. The van der Waals surface area contributed by atoms with E-state index in [1.165, 1.54) is 180 Å². The molecule has 0 bridgehead atoms. The minimum atomic E-state index is -0.778. The van der Waals surface area contributed by atoms with Crippen LogP contribution < -0.4 is 0 Å². The van der Waals surface area contributed by atoms with Crippen LogP contribution in [0.15, 0.2) is 97.2 Å². The van der Waals surface area contributed by atoms with Crippen LogP contribution >= 0.6 is 0 Å². The van der Waals surface area contributed by atoms with Gasteiger partial charge in [-0.2, -0.15) is 0 Å². The minimum Gasteiger partial charge on any atom is -0.462 e. The van der Waals surface area contributed by atoms with E-state index < -0.39 is 6.10 Å². The molecule has 460 valence electrons. The summed E-state index contributed by atoms with van der Waals surface area (Å²) in [6.45, 7) is 6.41. The van der Waals surface area contributed by atoms with Gasteiger partial charge in [-0.25, -0.2) is 0 Å². The van der Waals surface area contributed by atoms with Crippen molar-refractivity contribution in [1.29, 1.82) is 0 Å². The molecule has 0 aliphatic rings. The van der Waals surface area contributed by atoms with Gasteiger partial charge in [-0.05, 0) is 96.3 Å². The number of ether oxygens (including phenoxy) is 3. The Morgan fingerprint density at radius 3 is 0.762 bits per heavy atom. The van der Waals surface area contributed by atoms with Gasteiger partial charge in [0.2, 0.25) is 0 Å². The first-order valence-corrected chi connectivity index (χ1v) is 34.2. The van der Waals surface area contributed by atoms with Crippen molar-refractivity contribution in [3.63, 3.8) is 0 Å². The molecule has 0 aromatic heterocycles. The molecule has 0 aliphatic carbocycles. The van der Waals surface area contributed by atoms with Gasteiger partial charge < -0.3 is 14.2 Å². The SMILES string of the molecule is CC/C=C\C/C=C\C/C=C\C/C=C\CCCCCCCCCCCCCCCCCCCCCCC(=O)OCC(COC(=O)CCCCCCCCCC)OC(=O)CCCCCCCCCC/C=C\C/C=C\C/C=C\C/C=C\CC. The normalized spacial score (nSPS) is 12.7. The highest BCUT2D eigenvalue weighted by Gasteiger charge is 2.19. The molecule has 1 atom stereocenters. The fourth-order valence-corrected chi connectivity index (χ4v) is 9.78. The van der Waals surface area contributed by atoms with Gasteiger partial charge >= 0.3 is 17.9 Å². The molecular formula is C74H128O6. The molecule has 0 radical (unpaired) electrons. The molecule has 0 saturated carbocycles. The van der Waals surface area contributed by atoms with Crippen LogP contribution in [-0.2, 0) is 28.6 Å². The molecule has 80 heavy (non-hydrogen) atoms. The highest BCUT2D eigenvalue weighted by Crippen LogP contribution is 2.17. The van der Waals surface area contributed by atoms with Crippen molar-refractivity contribution in [3.05, 3.63) is 97.2 Å². The number of rotatable bonds is 62. The zero-order valence-electron chi connectivity index (χ0n) is 52.8. The Labute approximate surface area is 496 Å². The van der Waals surface area contributed by atoms with Crippen LogP contribution in [0.3, 0.4) is 0 Å². The number of esters is 3. The third-order valence-corrected chi connectivity index (χ3v) is 14.8. The van der Waals surface area contributed by atoms with Crippen LogP contribution in [0.4, 0.5) is 0 Å². The first-order valence-electron chi connectivity index (χ1n) is 34.2. The summed E-state index contributed by atoms with van der Waals surface area (Å²) in [5.74, 6) is -0.874. The van der Waals surface area contributed by atoms with Gasteiger partial charge in [0.05, 0.1) is 0 Å². The van der Waals surface area contributed by atoms with Crippen LogP contribution in [0.25, 0.3) is 0 Å². The molecule has 0 aromatic carbocycles. The third-order valence-electron chi connectivity index (χ3n) is 14.8. The van der Waals surface area contributed by atoms with E-state index in [9.17, 15) is 14.4 Å². The van der Waals surface area contributed by atoms with Crippen molar-refractivity contribution in [1.82, 2.24) is 0 Å². The number of hydrogen-bond donors (Lipinski definition) is 0. The lowest BCUT2D eigenvalue weighted by atomic mass is 10.0. The summed E-state index contributed by atoms with van der Waals surface area (Å²) in [4.78, 5) is 38.2. The summed E-state index contributed by atoms with van der Waals surface area (Å²) >= 11 is 0. The average molecular weight is 1110 g/mol. The monoisotopic (exact) mass is 1110 g/mol. The summed E-state index contributed by atoms with van der Waals surface area (Å²) < 4.78 is 16.9. The molecule has 0 rings (SSSR count). The van der Waals surface area contributed by atoms with Gasteiger partial charge in [0.25, 0.3) is 0 Å². The predicted molar refractivity (Wildman–Crippen MR) is 348 cm³/mol. The molecule has 0 saturated heterocycles. The number of carbonyl (C=O) groups excluding carboxylic acids is 3. The Morgan fingerprint density at radius 2 is 0.487 bits per heavy atom. The van der Waals surface area contributed by atoms with E-state index in [0.29, 0.717) is 19.3 Å². The molecule has 0 N–H and O–H groups in total. The van der Waals surface area contributed by atoms with Crippen LogP contribution in [-0.4, -0.2) is 37.2 Å². The number of carbonyl (C=O) groups is 3. The Morgan fingerprint density at radius 1 is 0.263 bits per heavy atom. The smallest absolute Gasteiger partial charge is 0.306 e. The second kappa shape index (κ2) is 67.8. The molecule has 0 heterocycles. The Bertz CT molecular complexity index is 1560. The van der Waals surface area contributed by atoms with Crippen molar-refractivity contribution in [2.45, 2.75) is 341 Å². The second-order valence-electron chi connectivity index (χ2n) is 22.7. The van der Waals surface area contributed by atoms with Gasteiger partial charge in [-0.15, -0.1) is 0 Å². The van der Waals surface area contributed by atoms with E-state index in [1.54, 1.807) is 0 Å². The summed E-state index contributed by atoms with van der Waals surface area (Å²) in [5.41, 5.74) is 0. The van der Waals surface area contributed by atoms with E-state index in [-0.39, 0.29) is 31.1 Å². The maximum Gasteiger partial charge on any atom is 0.306 e. The van der Waals surface area contributed by atoms with Crippen LogP contribution in [0.5, 0.6) is 0 Å². The highest BCUT2D eigenvalue weighted by atomic mass is 16.6. The lowest BCUT2D eigenvalue weighted by Gasteiger charge is -2.18. The molecule has 0 aromatic rings. The van der Waals surface area contributed by atoms with Crippen molar-refractivity contribution >= 4 is 17.9 Å². The maximum atomic E-state index is 12.9. The largest absolute Gasteiger partial charge is 0.462 e. The Balaban J connectivity index is 4.06. The van der Waals surface area contributed by atoms with Crippen molar-refractivity contribution in [2.24, 2.45) is 0 Å². The van der Waals surface area contributed by atoms with Crippen molar-refractivity contribution in [3.8, 4) is 0 Å². The Hall–Kier alpha value is -3.67. The number of allylic oxidation sites excluding steroid dienone is 16. The fourth-order valence-electron chi connectivity index (χ4n) is 9.78. The van der Waals surface area contributed by atoms with Gasteiger partial charge in [0, 0.05) is 19.3 Å². The van der Waals surface area contributed by atoms with Crippen LogP contribution in [0, 0.1) is 0 Å². The van der Waals surface area contributed by atoms with Gasteiger partial charge in [0.1, 0.15) is 13.2 Å². The summed E-state index contributed by atoms with van der Waals surface area (Å²) in [6.07, 6.45) is 91.7. The average Bonchev–Trinajstić information content (AvgIpc) is 3.46. The van der Waals surface area contributed by atoms with E-state index in [2.05, 4.69) is 118 Å². The van der Waals surface area contributed by atoms with Crippen molar-refractivity contribution in [2.75, 3.05) is 13.2 Å². The standard InChI is InChI=1S/C74H128O6/c1-4-7-10-13-16-19-21-23-25-27-29-31-32-33-34-35-36-37-38-39-40-41-42-44-45-47-49-51-53-55-58-61-64-67-73(76)79-70-71(69-78-72(75)66-63-60-57-18-15-12-9-6-3)80-74(77)68-65-62-59-56-54-52-50-48-46-43-30-28-26-24-22-20-17-14-11-8-5-2/h7-8,10-11,16-17,19-20,23-26,29-31,43,71H,4-6,9,12-15,18,21-22,27-28,32-42,44-70H2,1-3H3/b10-7-,11-8-,19-16-,20-17-,25-23-,26-24-,31-29-,43-30-. The summed E-state index contributed by atoms with van der Waals surface area (Å²) in [7, 11) is 0. The Kier molecular flexibility index (Phi) is 64.7. The molecular weight excluding hydrogens is 985 g/mol. The van der Waals surface area contributed by atoms with Crippen LogP contribution in [0.1, 0.15) is 335 Å². The zero-order valence-corrected chi connectivity index (χ0v) is 52.8. The van der Waals surface area contributed by atoms with Gasteiger partial charge in [-0.1, -0.05) is 317 Å². The van der Waals surface area contributed by atoms with Gasteiger partial charge in [0.15, 0.2) is 6.10 Å². The van der Waals surface area contributed by atoms with Gasteiger partial charge in [-0.3, -0.25) is 14.4 Å². The lowest BCUT2D eigenvalue weighted by molar-refractivity contribution is -0.167. The topological polar surface area (TPSA) is 78.9 Å². The number of hydrogen-bond acceptors (Lipinski definition) is 6. The molecule has 1 unspecified atom stereocenters. The first-order chi connectivity index (χ1) is 39.5. The van der Waals surface area contributed by atoms with E-state index in [1.807, 2.05) is 0 Å². The van der Waals surface area contributed by atoms with E-state index >= 15 is 0 Å². The minimum absolute atomic E-state index is 0.0762. The van der Waals surface area contributed by atoms with Crippen molar-refractivity contribution < 1.29 is 28.6 Å². The molecule has 0 spiro atoms. The molecule has 0 aliphatic heterocycles. The summed E-state index contributed by atoms with van der Waals surface area (Å²) in [5, 5.41) is 0. The number of unbranched alkanes of at least 4 members (excludes halogenated alkanes) is 35. The molecule has 6 nitrogen and oxygen atoms in total. The summed E-state index contributed by atoms with van der Waals surface area (Å²) in [6, 6.07) is 0. The van der Waals surface area contributed by atoms with Crippen LogP contribution in [0.2, 0.25) is 0 Å². The molecule has 0 fully saturated rings. The molecule has 0 amide bonds. The van der Waals surface area contributed by atoms with E-state index in [4.69, 9.17) is 14.2 Å². The first kappa shape index (κ1) is 76.3. The fraction of sp³-hybridized carbons (Fsp3) is 0.743. The third kappa shape index (κ3) is 65.1.